The Bertz CT molecular complexity index is 423. The van der Waals surface area contributed by atoms with E-state index in [2.05, 4.69) is 39.1 Å². The van der Waals surface area contributed by atoms with Crippen LogP contribution in [0.1, 0.15) is 26.3 Å². The molecular weight excluding hydrogens is 230 g/mol. The summed E-state index contributed by atoms with van der Waals surface area (Å²) in [5, 5.41) is 4.13. The van der Waals surface area contributed by atoms with Gasteiger partial charge in [0, 0.05) is 16.7 Å². The number of fused-ring (bicyclic) bond motifs is 1. The van der Waals surface area contributed by atoms with Gasteiger partial charge in [-0.1, -0.05) is 26.8 Å². The highest BCUT2D eigenvalue weighted by molar-refractivity contribution is 8.00. The summed E-state index contributed by atoms with van der Waals surface area (Å²) in [7, 11) is 1.73. The number of hydrogen-bond acceptors (Lipinski definition) is 3. The van der Waals surface area contributed by atoms with Crippen molar-refractivity contribution in [2.24, 2.45) is 5.41 Å². The summed E-state index contributed by atoms with van der Waals surface area (Å²) in [6, 6.07) is 4.18. The third-order valence-corrected chi connectivity index (χ3v) is 5.15. The highest BCUT2D eigenvalue weighted by Gasteiger charge is 2.31. The van der Waals surface area contributed by atoms with Crippen molar-refractivity contribution in [3.8, 4) is 5.75 Å². The highest BCUT2D eigenvalue weighted by atomic mass is 32.2. The van der Waals surface area contributed by atoms with Crippen molar-refractivity contribution >= 4 is 17.4 Å². The number of thioether (sulfide) groups is 1. The van der Waals surface area contributed by atoms with E-state index in [1.54, 1.807) is 7.11 Å². The molecule has 94 valence electrons. The lowest BCUT2D eigenvalue weighted by Crippen LogP contribution is -2.33. The van der Waals surface area contributed by atoms with Gasteiger partial charge >= 0.3 is 0 Å². The van der Waals surface area contributed by atoms with Gasteiger partial charge in [0.05, 0.1) is 12.8 Å². The number of benzene rings is 1. The van der Waals surface area contributed by atoms with Crippen molar-refractivity contribution in [3.63, 3.8) is 0 Å². The van der Waals surface area contributed by atoms with Gasteiger partial charge < -0.3 is 10.1 Å². The minimum atomic E-state index is 0.310. The Balaban J connectivity index is 2.38. The Morgan fingerprint density at radius 1 is 1.35 bits per heavy atom. The van der Waals surface area contributed by atoms with Gasteiger partial charge in [-0.2, -0.15) is 0 Å². The number of nitrogens with one attached hydrogen (secondary N) is 1. The molecule has 0 aliphatic carbocycles. The second-order valence-electron chi connectivity index (χ2n) is 5.64. The summed E-state index contributed by atoms with van der Waals surface area (Å²) in [6.07, 6.45) is 0. The van der Waals surface area contributed by atoms with Crippen molar-refractivity contribution in [1.29, 1.82) is 0 Å². The second kappa shape index (κ2) is 4.45. The van der Waals surface area contributed by atoms with Crippen LogP contribution in [0.2, 0.25) is 0 Å². The van der Waals surface area contributed by atoms with E-state index in [1.165, 1.54) is 10.5 Å². The molecule has 0 aromatic heterocycles. The largest absolute Gasteiger partial charge is 0.495 e. The van der Waals surface area contributed by atoms with Gasteiger partial charge in [0.15, 0.2) is 0 Å². The fraction of sp³-hybridized carbons (Fsp3) is 0.571. The maximum absolute atomic E-state index is 5.41. The average molecular weight is 251 g/mol. The molecule has 1 aliphatic heterocycles. The molecule has 0 saturated heterocycles. The Morgan fingerprint density at radius 2 is 2.06 bits per heavy atom. The minimum absolute atomic E-state index is 0.310. The fourth-order valence-electron chi connectivity index (χ4n) is 2.02. The van der Waals surface area contributed by atoms with Crippen LogP contribution in [-0.2, 0) is 0 Å². The van der Waals surface area contributed by atoms with Crippen LogP contribution in [0.25, 0.3) is 0 Å². The first-order valence-corrected chi connectivity index (χ1v) is 6.89. The lowest BCUT2D eigenvalue weighted by Gasteiger charge is -2.36. The van der Waals surface area contributed by atoms with E-state index in [-0.39, 0.29) is 0 Å². The van der Waals surface area contributed by atoms with Crippen molar-refractivity contribution in [3.05, 3.63) is 17.7 Å². The number of anilines is 1. The molecular formula is C14H21NOS. The van der Waals surface area contributed by atoms with E-state index in [0.29, 0.717) is 10.7 Å². The van der Waals surface area contributed by atoms with Crippen molar-refractivity contribution < 1.29 is 4.74 Å². The summed E-state index contributed by atoms with van der Waals surface area (Å²) in [4.78, 5) is 1.34. The Kier molecular flexibility index (Phi) is 3.30. The fourth-order valence-corrected chi connectivity index (χ4v) is 3.37. The highest BCUT2D eigenvalue weighted by Crippen LogP contribution is 2.47. The van der Waals surface area contributed by atoms with E-state index < -0.39 is 0 Å². The first-order valence-electron chi connectivity index (χ1n) is 6.01. The average Bonchev–Trinajstić information content (AvgIpc) is 2.28. The van der Waals surface area contributed by atoms with E-state index >= 15 is 0 Å². The number of hydrogen-bond donors (Lipinski definition) is 1. The predicted molar refractivity (Wildman–Crippen MR) is 75.3 cm³/mol. The standard InChI is InChI=1S/C14H21NOS/c1-9-6-7-10(16-5)12-13(9)17-11(8-15-12)14(2,3)4/h6-7,11,15H,8H2,1-5H3. The quantitative estimate of drug-likeness (QED) is 0.817. The molecule has 1 N–H and O–H groups in total. The maximum Gasteiger partial charge on any atom is 0.143 e. The number of ether oxygens (including phenoxy) is 1. The molecule has 1 unspecified atom stereocenters. The van der Waals surface area contributed by atoms with Crippen LogP contribution < -0.4 is 10.1 Å². The molecule has 1 aromatic rings. The van der Waals surface area contributed by atoms with Gasteiger partial charge in [-0.25, -0.2) is 0 Å². The first-order chi connectivity index (χ1) is 7.93. The van der Waals surface area contributed by atoms with E-state index in [4.69, 9.17) is 4.74 Å². The number of rotatable bonds is 1. The molecule has 3 heteroatoms. The molecule has 1 aliphatic rings. The van der Waals surface area contributed by atoms with E-state index in [0.717, 1.165) is 18.0 Å². The zero-order valence-corrected chi connectivity index (χ0v) is 12.1. The Labute approximate surface area is 108 Å². The van der Waals surface area contributed by atoms with Gasteiger partial charge in [-0.3, -0.25) is 0 Å². The summed E-state index contributed by atoms with van der Waals surface area (Å²) >= 11 is 1.98. The van der Waals surface area contributed by atoms with Crippen LogP contribution in [0.5, 0.6) is 5.75 Å². The molecule has 0 fully saturated rings. The smallest absolute Gasteiger partial charge is 0.143 e. The molecule has 1 atom stereocenters. The molecule has 0 radical (unpaired) electrons. The normalized spacial score (nSPS) is 19.5. The van der Waals surface area contributed by atoms with Crippen molar-refractivity contribution in [2.45, 2.75) is 37.8 Å². The van der Waals surface area contributed by atoms with Gasteiger partial charge in [-0.05, 0) is 24.0 Å². The Morgan fingerprint density at radius 3 is 2.65 bits per heavy atom. The van der Waals surface area contributed by atoms with Gasteiger partial charge in [0.25, 0.3) is 0 Å². The zero-order chi connectivity index (χ0) is 12.6. The second-order valence-corrected chi connectivity index (χ2v) is 6.86. The molecule has 17 heavy (non-hydrogen) atoms. The maximum atomic E-state index is 5.41. The summed E-state index contributed by atoms with van der Waals surface area (Å²) in [5.41, 5.74) is 2.80. The van der Waals surface area contributed by atoms with Crippen LogP contribution in [-0.4, -0.2) is 18.9 Å². The third kappa shape index (κ3) is 2.39. The minimum Gasteiger partial charge on any atom is -0.495 e. The molecule has 2 nitrogen and oxygen atoms in total. The summed E-state index contributed by atoms with van der Waals surface area (Å²) in [6.45, 7) is 10.1. The van der Waals surface area contributed by atoms with Gasteiger partial charge in [-0.15, -0.1) is 11.8 Å². The predicted octanol–water partition coefficient (Wildman–Crippen LogP) is 3.94. The number of aryl methyl sites for hydroxylation is 1. The Hall–Kier alpha value is -0.830. The monoisotopic (exact) mass is 251 g/mol. The van der Waals surface area contributed by atoms with Crippen LogP contribution in [0.15, 0.2) is 17.0 Å². The molecule has 0 saturated carbocycles. The van der Waals surface area contributed by atoms with E-state index in [1.807, 2.05) is 17.8 Å². The van der Waals surface area contributed by atoms with E-state index in [9.17, 15) is 0 Å². The topological polar surface area (TPSA) is 21.3 Å². The third-order valence-electron chi connectivity index (χ3n) is 3.23. The van der Waals surface area contributed by atoms with Crippen LogP contribution in [0.4, 0.5) is 5.69 Å². The lowest BCUT2D eigenvalue weighted by molar-refractivity contribution is 0.397. The van der Waals surface area contributed by atoms with Crippen LogP contribution in [0.3, 0.4) is 0 Å². The first kappa shape index (κ1) is 12.6. The molecule has 0 spiro atoms. The SMILES string of the molecule is COc1ccc(C)c2c1NCC(C(C)(C)C)S2. The molecule has 0 bridgehead atoms. The van der Waals surface area contributed by atoms with Gasteiger partial charge in [0.2, 0.25) is 0 Å². The van der Waals surface area contributed by atoms with Crippen molar-refractivity contribution in [1.82, 2.24) is 0 Å². The molecule has 2 rings (SSSR count). The number of methoxy groups -OCH3 is 1. The molecule has 0 amide bonds. The lowest BCUT2D eigenvalue weighted by atomic mass is 9.91. The summed E-state index contributed by atoms with van der Waals surface area (Å²) in [5.74, 6) is 0.949. The van der Waals surface area contributed by atoms with Crippen LogP contribution >= 0.6 is 11.8 Å². The van der Waals surface area contributed by atoms with Crippen molar-refractivity contribution in [2.75, 3.05) is 19.0 Å². The van der Waals surface area contributed by atoms with Gasteiger partial charge in [0.1, 0.15) is 5.75 Å². The molecule has 1 aromatic carbocycles. The molecule has 1 heterocycles. The van der Waals surface area contributed by atoms with Crippen LogP contribution in [0, 0.1) is 12.3 Å². The zero-order valence-electron chi connectivity index (χ0n) is 11.3. The summed E-state index contributed by atoms with van der Waals surface area (Å²) < 4.78 is 5.41.